The van der Waals surface area contributed by atoms with Crippen LogP contribution < -0.4 is 5.14 Å². The van der Waals surface area contributed by atoms with Crippen LogP contribution in [0.5, 0.6) is 0 Å². The maximum absolute atomic E-state index is 14.4. The van der Waals surface area contributed by atoms with Gasteiger partial charge in [-0.2, -0.15) is 0 Å². The second-order valence-electron chi connectivity index (χ2n) is 5.35. The molecule has 7 nitrogen and oxygen atoms in total. The van der Waals surface area contributed by atoms with Gasteiger partial charge in [0.05, 0.1) is 11.5 Å². The summed E-state index contributed by atoms with van der Waals surface area (Å²) in [5, 5.41) is 9.37. The van der Waals surface area contributed by atoms with Crippen LogP contribution in [0.4, 0.5) is 4.39 Å². The average Bonchev–Trinajstić information content (AvgIpc) is 2.99. The van der Waals surface area contributed by atoms with Crippen LogP contribution in [-0.4, -0.2) is 31.5 Å². The maximum Gasteiger partial charge on any atom is 0.378 e. The number of hydrogen-bond donors (Lipinski definition) is 1. The van der Waals surface area contributed by atoms with E-state index in [1.54, 1.807) is 6.92 Å². The van der Waals surface area contributed by atoms with Crippen molar-refractivity contribution in [2.24, 2.45) is 5.14 Å². The molecular formula is C16H21FN4O3S. The van der Waals surface area contributed by atoms with Crippen molar-refractivity contribution in [1.82, 2.24) is 14.8 Å². The van der Waals surface area contributed by atoms with Crippen molar-refractivity contribution < 1.29 is 18.1 Å². The van der Waals surface area contributed by atoms with E-state index in [4.69, 9.17) is 9.88 Å². The number of halogens is 1. The minimum absolute atomic E-state index is 0.112. The molecule has 0 spiro atoms. The quantitative estimate of drug-likeness (QED) is 0.569. The smallest absolute Gasteiger partial charge is 0.378 e. The Hall–Kier alpha value is -2.13. The number of nitrogens with two attached hydrogens (primary N) is 1. The molecule has 1 aromatic carbocycles. The van der Waals surface area contributed by atoms with Gasteiger partial charge >= 0.3 is 5.97 Å². The molecule has 9 heteroatoms. The number of esters is 1. The molecule has 1 atom stereocenters. The molecule has 0 aliphatic carbocycles. The van der Waals surface area contributed by atoms with Crippen molar-refractivity contribution in [3.05, 3.63) is 35.7 Å². The summed E-state index contributed by atoms with van der Waals surface area (Å²) < 4.78 is 31.9. The van der Waals surface area contributed by atoms with E-state index in [0.717, 1.165) is 25.3 Å². The molecule has 0 aliphatic rings. The molecular weight excluding hydrogens is 347 g/mol. The highest BCUT2D eigenvalue weighted by molar-refractivity contribution is 7.82. The van der Waals surface area contributed by atoms with Gasteiger partial charge in [-0.3, -0.25) is 0 Å². The van der Waals surface area contributed by atoms with Crippen LogP contribution >= 0.6 is 0 Å². The Bertz CT molecular complexity index is 779. The van der Waals surface area contributed by atoms with Crippen molar-refractivity contribution in [3.8, 4) is 5.69 Å². The Morgan fingerprint density at radius 2 is 2.12 bits per heavy atom. The molecule has 0 aliphatic heterocycles. The van der Waals surface area contributed by atoms with Crippen molar-refractivity contribution >= 4 is 17.0 Å². The highest BCUT2D eigenvalue weighted by Gasteiger charge is 2.20. The lowest BCUT2D eigenvalue weighted by Gasteiger charge is -2.08. The molecule has 0 radical (unpaired) electrons. The summed E-state index contributed by atoms with van der Waals surface area (Å²) in [6.45, 7) is 3.95. The zero-order valence-electron chi connectivity index (χ0n) is 14.2. The molecule has 1 heterocycles. The molecule has 2 N–H and O–H groups in total. The van der Waals surface area contributed by atoms with Crippen molar-refractivity contribution in [3.63, 3.8) is 0 Å². The van der Waals surface area contributed by atoms with E-state index in [1.165, 1.54) is 16.8 Å². The Morgan fingerprint density at radius 3 is 2.72 bits per heavy atom. The number of carbonyl (C=O) groups excluding carboxylic acids is 1. The van der Waals surface area contributed by atoms with Crippen LogP contribution in [0, 0.1) is 5.82 Å². The molecule has 1 unspecified atom stereocenters. The summed E-state index contributed by atoms with van der Waals surface area (Å²) in [5.74, 6) is -0.942. The number of benzene rings is 1. The van der Waals surface area contributed by atoms with Crippen LogP contribution in [0.15, 0.2) is 23.1 Å². The summed E-state index contributed by atoms with van der Waals surface area (Å²) in [6.07, 6.45) is 3.38. The first kappa shape index (κ1) is 19.2. The van der Waals surface area contributed by atoms with Gasteiger partial charge in [0.25, 0.3) is 5.82 Å². The van der Waals surface area contributed by atoms with E-state index >= 15 is 0 Å². The number of nitrogens with zero attached hydrogens (tertiary/aromatic N) is 3. The van der Waals surface area contributed by atoms with Gasteiger partial charge in [0.1, 0.15) is 28.3 Å². The molecule has 2 aromatic rings. The van der Waals surface area contributed by atoms with Gasteiger partial charge in [-0.25, -0.2) is 28.2 Å². The average molecular weight is 368 g/mol. The fraction of sp³-hybridized carbons (Fsp3) is 0.438. The molecule has 0 fully saturated rings. The third-order valence-electron chi connectivity index (χ3n) is 3.52. The van der Waals surface area contributed by atoms with Crippen LogP contribution in [0.25, 0.3) is 5.69 Å². The summed E-state index contributed by atoms with van der Waals surface area (Å²) in [6, 6.07) is 3.96. The van der Waals surface area contributed by atoms with Crippen molar-refractivity contribution in [2.75, 3.05) is 6.61 Å². The fourth-order valence-electron chi connectivity index (χ4n) is 2.30. The van der Waals surface area contributed by atoms with E-state index in [2.05, 4.69) is 17.0 Å². The highest BCUT2D eigenvalue weighted by Crippen LogP contribution is 2.19. The SMILES string of the molecule is CCCCCc1nc(C(=O)OCC)nn1-c1ccc(S(N)=O)cc1F. The number of aryl methyl sites for hydroxylation is 1. The highest BCUT2D eigenvalue weighted by atomic mass is 32.2. The minimum Gasteiger partial charge on any atom is -0.460 e. The second kappa shape index (κ2) is 8.82. The largest absolute Gasteiger partial charge is 0.460 e. The monoisotopic (exact) mass is 368 g/mol. The first-order valence-corrected chi connectivity index (χ1v) is 9.28. The maximum atomic E-state index is 14.4. The van der Waals surface area contributed by atoms with Crippen molar-refractivity contribution in [2.45, 2.75) is 44.4 Å². The lowest BCUT2D eigenvalue weighted by atomic mass is 10.2. The van der Waals surface area contributed by atoms with E-state index in [0.29, 0.717) is 12.2 Å². The molecule has 0 amide bonds. The Balaban J connectivity index is 2.43. The van der Waals surface area contributed by atoms with Crippen molar-refractivity contribution in [1.29, 1.82) is 0 Å². The lowest BCUT2D eigenvalue weighted by molar-refractivity contribution is 0.0512. The first-order chi connectivity index (χ1) is 12.0. The molecule has 2 rings (SSSR count). The standard InChI is InChI=1S/C16H21FN4O3S/c1-3-5-6-7-14-19-15(16(22)24-4-2)20-21(14)13-9-8-11(25(18)23)10-12(13)17/h8-10H,3-7,18H2,1-2H3. The molecule has 0 saturated carbocycles. The van der Waals surface area contributed by atoms with E-state index in [-0.39, 0.29) is 23.0 Å². The van der Waals surface area contributed by atoms with E-state index in [1.807, 2.05) is 0 Å². The van der Waals surface area contributed by atoms with Gasteiger partial charge in [-0.05, 0) is 31.5 Å². The predicted molar refractivity (Wildman–Crippen MR) is 91.1 cm³/mol. The summed E-state index contributed by atoms with van der Waals surface area (Å²) in [7, 11) is -1.78. The molecule has 0 saturated heterocycles. The third-order valence-corrected chi connectivity index (χ3v) is 4.23. The summed E-state index contributed by atoms with van der Waals surface area (Å²) in [4.78, 5) is 16.3. The number of carbonyl (C=O) groups is 1. The van der Waals surface area contributed by atoms with Gasteiger partial charge in [0, 0.05) is 6.42 Å². The zero-order chi connectivity index (χ0) is 18.4. The molecule has 0 bridgehead atoms. The lowest BCUT2D eigenvalue weighted by Crippen LogP contribution is -2.09. The molecule has 25 heavy (non-hydrogen) atoms. The molecule has 136 valence electrons. The predicted octanol–water partition coefficient (Wildman–Crippen LogP) is 2.30. The number of ether oxygens (including phenoxy) is 1. The van der Waals surface area contributed by atoms with Gasteiger partial charge < -0.3 is 4.74 Å². The summed E-state index contributed by atoms with van der Waals surface area (Å²) in [5.41, 5.74) is 0.115. The Morgan fingerprint density at radius 1 is 1.36 bits per heavy atom. The normalized spacial score (nSPS) is 12.2. The van der Waals surface area contributed by atoms with Crippen LogP contribution in [0.2, 0.25) is 0 Å². The molecule has 1 aromatic heterocycles. The van der Waals surface area contributed by atoms with Crippen LogP contribution in [0.1, 0.15) is 49.6 Å². The number of aromatic nitrogens is 3. The van der Waals surface area contributed by atoms with Crippen LogP contribution in [-0.2, 0) is 22.1 Å². The Kier molecular flexibility index (Phi) is 6.77. The van der Waals surface area contributed by atoms with E-state index < -0.39 is 22.8 Å². The number of unbranched alkanes of at least 4 members (excludes halogenated alkanes) is 2. The van der Waals surface area contributed by atoms with Gasteiger partial charge in [-0.1, -0.05) is 19.8 Å². The number of hydrogen-bond acceptors (Lipinski definition) is 5. The fourth-order valence-corrected chi connectivity index (χ4v) is 2.72. The topological polar surface area (TPSA) is 100 Å². The van der Waals surface area contributed by atoms with Crippen LogP contribution in [0.3, 0.4) is 0 Å². The van der Waals surface area contributed by atoms with Gasteiger partial charge in [-0.15, -0.1) is 5.10 Å². The first-order valence-electron chi connectivity index (χ1n) is 8.07. The third kappa shape index (κ3) is 4.70. The van der Waals surface area contributed by atoms with E-state index in [9.17, 15) is 13.4 Å². The Labute approximate surface area is 148 Å². The zero-order valence-corrected chi connectivity index (χ0v) is 15.0. The summed E-state index contributed by atoms with van der Waals surface area (Å²) >= 11 is 0. The van der Waals surface area contributed by atoms with Gasteiger partial charge in [0.15, 0.2) is 0 Å². The number of rotatable bonds is 8. The minimum atomic E-state index is -1.78. The van der Waals surface area contributed by atoms with Gasteiger partial charge in [0.2, 0.25) is 0 Å². The second-order valence-corrected chi connectivity index (χ2v) is 6.42.